The number of benzene rings is 2. The van der Waals surface area contributed by atoms with E-state index in [0.29, 0.717) is 23.5 Å². The molecule has 0 unspecified atom stereocenters. The molecule has 1 atom stereocenters. The van der Waals surface area contributed by atoms with Crippen molar-refractivity contribution in [3.63, 3.8) is 0 Å². The first-order valence-corrected chi connectivity index (χ1v) is 10.4. The first-order chi connectivity index (χ1) is 14.4. The summed E-state index contributed by atoms with van der Waals surface area (Å²) in [5, 5.41) is 10.9. The Morgan fingerprint density at radius 3 is 2.60 bits per heavy atom. The minimum atomic E-state index is -0.363. The molecule has 0 aromatic heterocycles. The molecule has 1 aliphatic rings. The highest BCUT2D eigenvalue weighted by molar-refractivity contribution is 6.03. The molecule has 0 saturated carbocycles. The topological polar surface area (TPSA) is 55.8 Å². The van der Waals surface area contributed by atoms with Crippen LogP contribution in [0, 0.1) is 0 Å². The number of phenols is 1. The van der Waals surface area contributed by atoms with Gasteiger partial charge in [0.15, 0.2) is 5.78 Å². The maximum Gasteiger partial charge on any atom is 0.174 e. The van der Waals surface area contributed by atoms with Crippen LogP contribution < -0.4 is 9.47 Å². The highest BCUT2D eigenvalue weighted by Crippen LogP contribution is 2.45. The fourth-order valence-electron chi connectivity index (χ4n) is 3.69. The van der Waals surface area contributed by atoms with Gasteiger partial charge in [-0.2, -0.15) is 0 Å². The quantitative estimate of drug-likeness (QED) is 0.545. The van der Waals surface area contributed by atoms with Crippen LogP contribution in [0.2, 0.25) is 0 Å². The summed E-state index contributed by atoms with van der Waals surface area (Å²) in [7, 11) is 1.56. The second kappa shape index (κ2) is 9.66. The van der Waals surface area contributed by atoms with E-state index in [1.807, 2.05) is 30.3 Å². The maximum absolute atomic E-state index is 12.9. The predicted molar refractivity (Wildman–Crippen MR) is 120 cm³/mol. The Labute approximate surface area is 178 Å². The summed E-state index contributed by atoms with van der Waals surface area (Å²) in [5.41, 5.74) is 4.36. The third kappa shape index (κ3) is 4.93. The molecule has 0 saturated heterocycles. The summed E-state index contributed by atoms with van der Waals surface area (Å²) < 4.78 is 11.6. The van der Waals surface area contributed by atoms with Crippen molar-refractivity contribution in [3.8, 4) is 17.2 Å². The molecule has 0 spiro atoms. The van der Waals surface area contributed by atoms with E-state index >= 15 is 0 Å². The fraction of sp³-hybridized carbons (Fsp3) is 0.346. The summed E-state index contributed by atoms with van der Waals surface area (Å²) in [5.74, 6) is 0.758. The van der Waals surface area contributed by atoms with Gasteiger partial charge in [-0.3, -0.25) is 4.79 Å². The van der Waals surface area contributed by atoms with E-state index in [4.69, 9.17) is 9.47 Å². The summed E-state index contributed by atoms with van der Waals surface area (Å²) in [6.07, 6.45) is 6.59. The van der Waals surface area contributed by atoms with Crippen LogP contribution >= 0.6 is 0 Å². The Morgan fingerprint density at radius 2 is 1.93 bits per heavy atom. The molecule has 0 amide bonds. The number of allylic oxidation sites excluding steroid dienone is 4. The molecule has 1 heterocycles. The van der Waals surface area contributed by atoms with E-state index in [9.17, 15) is 9.90 Å². The Balaban J connectivity index is 1.87. The number of ketones is 1. The van der Waals surface area contributed by atoms with Crippen LogP contribution in [0.25, 0.3) is 0 Å². The van der Waals surface area contributed by atoms with E-state index in [0.717, 1.165) is 18.4 Å². The van der Waals surface area contributed by atoms with Gasteiger partial charge >= 0.3 is 0 Å². The number of ether oxygens (including phenoxy) is 2. The van der Waals surface area contributed by atoms with E-state index in [-0.39, 0.29) is 29.6 Å². The summed E-state index contributed by atoms with van der Waals surface area (Å²) in [6.45, 7) is 6.27. The number of hydrogen-bond acceptors (Lipinski definition) is 4. The fourth-order valence-corrected chi connectivity index (χ4v) is 3.69. The van der Waals surface area contributed by atoms with Gasteiger partial charge in [-0.25, -0.2) is 0 Å². The number of carbonyl (C=O) groups excluding carboxylic acids is 1. The van der Waals surface area contributed by atoms with Gasteiger partial charge in [0.1, 0.15) is 28.9 Å². The van der Waals surface area contributed by atoms with Crippen molar-refractivity contribution < 1.29 is 19.4 Å². The molecule has 2 aromatic carbocycles. The molecule has 3 rings (SSSR count). The number of methoxy groups -OCH3 is 1. The molecule has 2 aromatic rings. The number of rotatable bonds is 7. The second-order valence-electron chi connectivity index (χ2n) is 8.00. The molecular formula is C26H30O4. The largest absolute Gasteiger partial charge is 0.507 e. The van der Waals surface area contributed by atoms with Crippen molar-refractivity contribution in [3.05, 3.63) is 76.4 Å². The van der Waals surface area contributed by atoms with E-state index < -0.39 is 0 Å². The van der Waals surface area contributed by atoms with Gasteiger partial charge in [0.05, 0.1) is 13.5 Å². The van der Waals surface area contributed by atoms with Crippen molar-refractivity contribution in [2.45, 2.75) is 52.6 Å². The summed E-state index contributed by atoms with van der Waals surface area (Å²) in [6, 6.07) is 11.4. The van der Waals surface area contributed by atoms with Gasteiger partial charge in [0.2, 0.25) is 0 Å². The third-order valence-corrected chi connectivity index (χ3v) is 5.38. The van der Waals surface area contributed by atoms with Crippen molar-refractivity contribution in [1.29, 1.82) is 0 Å². The zero-order valence-electron chi connectivity index (χ0n) is 18.2. The van der Waals surface area contributed by atoms with E-state index in [1.54, 1.807) is 13.2 Å². The van der Waals surface area contributed by atoms with Gasteiger partial charge in [-0.1, -0.05) is 53.6 Å². The highest BCUT2D eigenvalue weighted by atomic mass is 16.5. The molecule has 0 aliphatic carbocycles. The minimum absolute atomic E-state index is 0.0331. The van der Waals surface area contributed by atoms with Crippen LogP contribution in [0.5, 0.6) is 17.2 Å². The highest BCUT2D eigenvalue weighted by Gasteiger charge is 2.32. The normalized spacial score (nSPS) is 15.9. The Morgan fingerprint density at radius 1 is 1.20 bits per heavy atom. The van der Waals surface area contributed by atoms with Crippen LogP contribution in [-0.4, -0.2) is 18.0 Å². The van der Waals surface area contributed by atoms with Crippen LogP contribution in [0.4, 0.5) is 0 Å². The number of hydrogen-bond donors (Lipinski definition) is 1. The number of carbonyl (C=O) groups is 1. The Kier molecular flexibility index (Phi) is 6.99. The zero-order chi connectivity index (χ0) is 21.7. The molecule has 0 bridgehead atoms. The molecule has 1 N–H and O–H groups in total. The lowest BCUT2D eigenvalue weighted by molar-refractivity contribution is 0.0844. The number of fused-ring (bicyclic) bond motifs is 1. The molecule has 158 valence electrons. The lowest BCUT2D eigenvalue weighted by atomic mass is 9.92. The Hall–Kier alpha value is -3.01. The molecule has 1 aliphatic heterocycles. The van der Waals surface area contributed by atoms with Gasteiger partial charge in [-0.15, -0.1) is 0 Å². The SMILES string of the molecule is COc1cc2c(c(O)c1C/C=C(\C)CCC=C(C)C)C(=O)C[C@@H](c1ccccc1)O2. The monoisotopic (exact) mass is 406 g/mol. The van der Waals surface area contributed by atoms with Crippen molar-refractivity contribution in [2.24, 2.45) is 0 Å². The first kappa shape index (κ1) is 21.7. The molecule has 0 fully saturated rings. The Bertz CT molecular complexity index is 966. The minimum Gasteiger partial charge on any atom is -0.507 e. The van der Waals surface area contributed by atoms with Crippen molar-refractivity contribution >= 4 is 5.78 Å². The molecule has 4 nitrogen and oxygen atoms in total. The summed E-state index contributed by atoms with van der Waals surface area (Å²) in [4.78, 5) is 12.9. The van der Waals surface area contributed by atoms with Crippen molar-refractivity contribution in [2.75, 3.05) is 7.11 Å². The standard InChI is InChI=1S/C26H30O4/c1-17(2)9-8-10-18(3)13-14-20-23(29-4)16-24-25(26(20)28)21(27)15-22(30-24)19-11-6-5-7-12-19/h5-7,9,11-13,16,22,28H,8,10,14-15H2,1-4H3/b18-13+/t22-/m0/s1. The van der Waals surface area contributed by atoms with Gasteiger partial charge in [0.25, 0.3) is 0 Å². The van der Waals surface area contributed by atoms with E-state index in [2.05, 4.69) is 32.9 Å². The zero-order valence-corrected chi connectivity index (χ0v) is 18.2. The predicted octanol–water partition coefficient (Wildman–Crippen LogP) is 6.34. The number of aromatic hydroxyl groups is 1. The van der Waals surface area contributed by atoms with Crippen LogP contribution in [0.15, 0.2) is 59.7 Å². The number of Topliss-reactive ketones (excluding diaryl/α,β-unsaturated/α-hetero) is 1. The average Bonchev–Trinajstić information content (AvgIpc) is 2.72. The molecule has 30 heavy (non-hydrogen) atoms. The second-order valence-corrected chi connectivity index (χ2v) is 8.00. The third-order valence-electron chi connectivity index (χ3n) is 5.38. The van der Waals surface area contributed by atoms with Crippen molar-refractivity contribution in [1.82, 2.24) is 0 Å². The maximum atomic E-state index is 12.9. The summed E-state index contributed by atoms with van der Waals surface area (Å²) >= 11 is 0. The smallest absolute Gasteiger partial charge is 0.174 e. The number of phenolic OH excluding ortho intramolecular Hbond substituents is 1. The van der Waals surface area contributed by atoms with Crippen LogP contribution in [-0.2, 0) is 6.42 Å². The van der Waals surface area contributed by atoms with Gasteiger partial charge in [0, 0.05) is 11.6 Å². The van der Waals surface area contributed by atoms with Gasteiger partial charge in [-0.05, 0) is 45.6 Å². The lowest BCUT2D eigenvalue weighted by Crippen LogP contribution is -2.21. The van der Waals surface area contributed by atoms with Gasteiger partial charge < -0.3 is 14.6 Å². The average molecular weight is 407 g/mol. The molecule has 4 heteroatoms. The lowest BCUT2D eigenvalue weighted by Gasteiger charge is -2.27. The first-order valence-electron chi connectivity index (χ1n) is 10.4. The van der Waals surface area contributed by atoms with Crippen LogP contribution in [0.1, 0.15) is 67.6 Å². The van der Waals surface area contributed by atoms with Crippen LogP contribution in [0.3, 0.4) is 0 Å². The molecule has 0 radical (unpaired) electrons. The molecular weight excluding hydrogens is 376 g/mol. The van der Waals surface area contributed by atoms with E-state index in [1.165, 1.54) is 11.1 Å².